The van der Waals surface area contributed by atoms with Crippen molar-refractivity contribution >= 4 is 11.9 Å². The fourth-order valence-electron chi connectivity index (χ4n) is 4.02. The summed E-state index contributed by atoms with van der Waals surface area (Å²) in [5.41, 5.74) is 0. The maximum atomic E-state index is 12.4. The van der Waals surface area contributed by atoms with E-state index < -0.39 is 0 Å². The van der Waals surface area contributed by atoms with Gasteiger partial charge < -0.3 is 15.1 Å². The number of carbonyl (C=O) groups excluding carboxylic acids is 2. The van der Waals surface area contributed by atoms with Crippen LogP contribution in [0.25, 0.3) is 0 Å². The van der Waals surface area contributed by atoms with Gasteiger partial charge in [0.05, 0.1) is 0 Å². The van der Waals surface area contributed by atoms with Crippen LogP contribution in [-0.4, -0.2) is 78.5 Å². The Kier molecular flexibility index (Phi) is 6.73. The Balaban J connectivity index is 1.36. The topological polar surface area (TPSA) is 55.9 Å². The second-order valence-electron chi connectivity index (χ2n) is 7.51. The number of hydrogen-bond donors (Lipinski definition) is 1. The molecule has 0 aromatic carbocycles. The van der Waals surface area contributed by atoms with Crippen LogP contribution in [0, 0.1) is 0 Å². The van der Waals surface area contributed by atoms with Crippen LogP contribution in [0.4, 0.5) is 4.79 Å². The van der Waals surface area contributed by atoms with Crippen molar-refractivity contribution in [2.75, 3.05) is 45.8 Å². The third kappa shape index (κ3) is 5.46. The van der Waals surface area contributed by atoms with E-state index in [0.29, 0.717) is 32.2 Å². The molecular weight excluding hydrogens is 316 g/mol. The molecule has 0 unspecified atom stereocenters. The van der Waals surface area contributed by atoms with Crippen molar-refractivity contribution in [2.45, 2.75) is 51.0 Å². The standard InChI is InChI=1S/C19H32N4O2/c24-18(9-6-12-21-10-4-5-11-21)22-13-15-23(16-14-22)19(25)20-17-7-2-1-3-8-17/h6,9,17H,1-5,7-8,10-16H2,(H,20,25)/b9-6+. The van der Waals surface area contributed by atoms with E-state index in [-0.39, 0.29) is 11.9 Å². The van der Waals surface area contributed by atoms with Gasteiger partial charge in [-0.1, -0.05) is 25.3 Å². The van der Waals surface area contributed by atoms with Crippen molar-refractivity contribution in [3.05, 3.63) is 12.2 Å². The molecule has 0 spiro atoms. The van der Waals surface area contributed by atoms with Gasteiger partial charge in [0, 0.05) is 44.8 Å². The summed E-state index contributed by atoms with van der Waals surface area (Å²) < 4.78 is 0. The first-order valence-electron chi connectivity index (χ1n) is 9.95. The molecule has 2 saturated heterocycles. The molecule has 0 atom stereocenters. The van der Waals surface area contributed by atoms with Crippen molar-refractivity contribution in [3.63, 3.8) is 0 Å². The molecule has 0 aromatic rings. The van der Waals surface area contributed by atoms with Crippen LogP contribution in [-0.2, 0) is 4.79 Å². The number of urea groups is 1. The molecule has 0 radical (unpaired) electrons. The lowest BCUT2D eigenvalue weighted by Gasteiger charge is -2.35. The van der Waals surface area contributed by atoms with Crippen molar-refractivity contribution in [3.8, 4) is 0 Å². The molecule has 25 heavy (non-hydrogen) atoms. The lowest BCUT2D eigenvalue weighted by molar-refractivity contribution is -0.127. The number of piperazine rings is 1. The second-order valence-corrected chi connectivity index (χ2v) is 7.51. The summed E-state index contributed by atoms with van der Waals surface area (Å²) >= 11 is 0. The molecule has 0 bridgehead atoms. The average Bonchev–Trinajstić information content (AvgIpc) is 3.16. The Morgan fingerprint density at radius 1 is 0.840 bits per heavy atom. The first-order valence-corrected chi connectivity index (χ1v) is 9.95. The normalized spacial score (nSPS) is 23.4. The molecule has 0 aromatic heterocycles. The van der Waals surface area contributed by atoms with Gasteiger partial charge in [0.25, 0.3) is 0 Å². The molecule has 2 aliphatic heterocycles. The summed E-state index contributed by atoms with van der Waals surface area (Å²) in [4.78, 5) is 30.7. The minimum atomic E-state index is 0.0450. The Bertz CT molecular complexity index is 474. The van der Waals surface area contributed by atoms with E-state index in [1.807, 2.05) is 15.9 Å². The first-order chi connectivity index (χ1) is 12.2. The van der Waals surface area contributed by atoms with Gasteiger partial charge >= 0.3 is 6.03 Å². The third-order valence-electron chi connectivity index (χ3n) is 5.63. The highest BCUT2D eigenvalue weighted by atomic mass is 16.2. The van der Waals surface area contributed by atoms with E-state index in [1.54, 1.807) is 6.08 Å². The van der Waals surface area contributed by atoms with E-state index in [0.717, 1.165) is 32.5 Å². The van der Waals surface area contributed by atoms with Crippen molar-refractivity contribution < 1.29 is 9.59 Å². The van der Waals surface area contributed by atoms with Crippen LogP contribution in [0.2, 0.25) is 0 Å². The molecule has 1 N–H and O–H groups in total. The molecule has 6 heteroatoms. The molecule has 3 rings (SSSR count). The van der Waals surface area contributed by atoms with Crippen LogP contribution in [0.3, 0.4) is 0 Å². The fraction of sp³-hybridized carbons (Fsp3) is 0.789. The summed E-state index contributed by atoms with van der Waals surface area (Å²) in [6.07, 6.45) is 12.2. The van der Waals surface area contributed by atoms with E-state index in [4.69, 9.17) is 0 Å². The number of rotatable bonds is 4. The van der Waals surface area contributed by atoms with Gasteiger partial charge in [0.15, 0.2) is 0 Å². The molecule has 3 aliphatic rings. The Morgan fingerprint density at radius 3 is 2.16 bits per heavy atom. The van der Waals surface area contributed by atoms with Gasteiger partial charge in [-0.3, -0.25) is 9.69 Å². The summed E-state index contributed by atoms with van der Waals surface area (Å²) in [6, 6.07) is 0.387. The molecule has 140 valence electrons. The zero-order chi connectivity index (χ0) is 17.5. The number of hydrogen-bond acceptors (Lipinski definition) is 3. The minimum Gasteiger partial charge on any atom is -0.336 e. The highest BCUT2D eigenvalue weighted by molar-refractivity contribution is 5.87. The predicted molar refractivity (Wildman–Crippen MR) is 98.4 cm³/mol. The number of nitrogens with one attached hydrogen (secondary N) is 1. The molecule has 1 saturated carbocycles. The van der Waals surface area contributed by atoms with Gasteiger partial charge in [0.1, 0.15) is 0 Å². The highest BCUT2D eigenvalue weighted by Crippen LogP contribution is 2.17. The van der Waals surface area contributed by atoms with Crippen LogP contribution >= 0.6 is 0 Å². The zero-order valence-electron chi connectivity index (χ0n) is 15.3. The van der Waals surface area contributed by atoms with Crippen LogP contribution in [0.15, 0.2) is 12.2 Å². The molecular formula is C19H32N4O2. The summed E-state index contributed by atoms with van der Waals surface area (Å²) in [5, 5.41) is 3.16. The van der Waals surface area contributed by atoms with E-state index in [9.17, 15) is 9.59 Å². The lowest BCUT2D eigenvalue weighted by atomic mass is 9.96. The summed E-state index contributed by atoms with van der Waals surface area (Å²) in [7, 11) is 0. The van der Waals surface area contributed by atoms with Gasteiger partial charge in [-0.2, -0.15) is 0 Å². The zero-order valence-corrected chi connectivity index (χ0v) is 15.3. The van der Waals surface area contributed by atoms with Gasteiger partial charge in [-0.15, -0.1) is 0 Å². The monoisotopic (exact) mass is 348 g/mol. The smallest absolute Gasteiger partial charge is 0.317 e. The highest BCUT2D eigenvalue weighted by Gasteiger charge is 2.25. The van der Waals surface area contributed by atoms with Crippen molar-refractivity contribution in [2.24, 2.45) is 0 Å². The average molecular weight is 348 g/mol. The number of carbonyl (C=O) groups is 2. The van der Waals surface area contributed by atoms with E-state index in [2.05, 4.69) is 10.2 Å². The van der Waals surface area contributed by atoms with Crippen LogP contribution in [0.5, 0.6) is 0 Å². The first kappa shape index (κ1) is 18.2. The van der Waals surface area contributed by atoms with E-state index in [1.165, 1.54) is 32.1 Å². The van der Waals surface area contributed by atoms with Crippen LogP contribution in [0.1, 0.15) is 44.9 Å². The Hall–Kier alpha value is -1.56. The van der Waals surface area contributed by atoms with Crippen molar-refractivity contribution in [1.29, 1.82) is 0 Å². The quantitative estimate of drug-likeness (QED) is 0.789. The fourth-order valence-corrected chi connectivity index (χ4v) is 4.02. The third-order valence-corrected chi connectivity index (χ3v) is 5.63. The van der Waals surface area contributed by atoms with E-state index >= 15 is 0 Å². The molecule has 3 fully saturated rings. The lowest BCUT2D eigenvalue weighted by Crippen LogP contribution is -2.54. The van der Waals surface area contributed by atoms with Gasteiger partial charge in [-0.25, -0.2) is 4.79 Å². The summed E-state index contributed by atoms with van der Waals surface area (Å²) in [6.45, 7) is 5.68. The van der Waals surface area contributed by atoms with Gasteiger partial charge in [0.2, 0.25) is 5.91 Å². The number of nitrogens with zero attached hydrogens (tertiary/aromatic N) is 3. The predicted octanol–water partition coefficient (Wildman–Crippen LogP) is 1.82. The SMILES string of the molecule is O=C(/C=C/CN1CCCC1)N1CCN(C(=O)NC2CCCCC2)CC1. The number of amides is 3. The maximum Gasteiger partial charge on any atom is 0.317 e. The largest absolute Gasteiger partial charge is 0.336 e. The van der Waals surface area contributed by atoms with Crippen molar-refractivity contribution in [1.82, 2.24) is 20.0 Å². The Labute approximate surface area is 151 Å². The van der Waals surface area contributed by atoms with Gasteiger partial charge in [-0.05, 0) is 38.8 Å². The second kappa shape index (κ2) is 9.22. The Morgan fingerprint density at radius 2 is 1.48 bits per heavy atom. The molecule has 6 nitrogen and oxygen atoms in total. The minimum absolute atomic E-state index is 0.0450. The van der Waals surface area contributed by atoms with Crippen LogP contribution < -0.4 is 5.32 Å². The molecule has 2 heterocycles. The molecule has 3 amide bonds. The number of likely N-dealkylation sites (tertiary alicyclic amines) is 1. The molecule has 1 aliphatic carbocycles. The summed E-state index contributed by atoms with van der Waals surface area (Å²) in [5.74, 6) is 0.0755. The maximum absolute atomic E-state index is 12.4.